The fourth-order valence-corrected chi connectivity index (χ4v) is 2.65. The highest BCUT2D eigenvalue weighted by atomic mass is 35.5. The summed E-state index contributed by atoms with van der Waals surface area (Å²) in [5, 5.41) is 7.30. The molecular formula is C20H20ClFN4. The smallest absolute Gasteiger partial charge is 0.131 e. The topological polar surface area (TPSA) is 49.8 Å². The van der Waals surface area contributed by atoms with Crippen LogP contribution in [0.3, 0.4) is 0 Å². The van der Waals surface area contributed by atoms with Crippen LogP contribution >= 0.6 is 11.6 Å². The first-order valence-electron chi connectivity index (χ1n) is 8.48. The number of aromatic nitrogens is 2. The van der Waals surface area contributed by atoms with Crippen molar-refractivity contribution in [2.45, 2.75) is 12.8 Å². The van der Waals surface area contributed by atoms with Gasteiger partial charge in [0.2, 0.25) is 0 Å². The molecule has 0 atom stereocenters. The Bertz CT molecular complexity index is 755. The molecule has 2 aromatic carbocycles. The molecule has 0 radical (unpaired) electrons. The molecule has 1 heterocycles. The Balaban J connectivity index is 1.45. The van der Waals surface area contributed by atoms with Crippen molar-refractivity contribution in [3.63, 3.8) is 0 Å². The lowest BCUT2D eigenvalue weighted by Gasteiger charge is -2.09. The summed E-state index contributed by atoms with van der Waals surface area (Å²) in [4.78, 5) is 8.46. The number of hydrogen-bond acceptors (Lipinski definition) is 4. The number of anilines is 2. The lowest BCUT2D eigenvalue weighted by atomic mass is 10.1. The van der Waals surface area contributed by atoms with Gasteiger partial charge in [0, 0.05) is 24.2 Å². The molecule has 3 aromatic rings. The number of nitrogens with one attached hydrogen (secondary N) is 2. The maximum atomic E-state index is 12.9. The largest absolute Gasteiger partial charge is 0.370 e. The molecule has 2 N–H and O–H groups in total. The first-order chi connectivity index (χ1) is 12.7. The monoisotopic (exact) mass is 370 g/mol. The number of rotatable bonds is 8. The average Bonchev–Trinajstić information content (AvgIpc) is 2.65. The molecule has 1 aromatic heterocycles. The molecule has 0 bridgehead atoms. The summed E-state index contributed by atoms with van der Waals surface area (Å²) in [5.74, 6) is 1.32. The molecule has 0 aliphatic carbocycles. The summed E-state index contributed by atoms with van der Waals surface area (Å²) >= 11 is 5.89. The fraction of sp³-hybridized carbons (Fsp3) is 0.200. The van der Waals surface area contributed by atoms with Crippen molar-refractivity contribution >= 4 is 23.2 Å². The van der Waals surface area contributed by atoms with Gasteiger partial charge in [-0.15, -0.1) is 0 Å². The van der Waals surface area contributed by atoms with Crippen LogP contribution in [0.25, 0.3) is 0 Å². The Morgan fingerprint density at radius 1 is 0.769 bits per heavy atom. The van der Waals surface area contributed by atoms with E-state index in [0.29, 0.717) is 6.54 Å². The van der Waals surface area contributed by atoms with Crippen LogP contribution in [0.5, 0.6) is 0 Å². The van der Waals surface area contributed by atoms with Crippen molar-refractivity contribution in [3.05, 3.63) is 82.9 Å². The van der Waals surface area contributed by atoms with Crippen LogP contribution in [0, 0.1) is 5.82 Å². The summed E-state index contributed by atoms with van der Waals surface area (Å²) in [6.07, 6.45) is 3.21. The van der Waals surface area contributed by atoms with Gasteiger partial charge < -0.3 is 10.6 Å². The molecule has 0 unspecified atom stereocenters. The summed E-state index contributed by atoms with van der Waals surface area (Å²) < 4.78 is 12.9. The van der Waals surface area contributed by atoms with E-state index < -0.39 is 0 Å². The van der Waals surface area contributed by atoms with E-state index in [1.165, 1.54) is 24.0 Å². The molecule has 4 nitrogen and oxygen atoms in total. The van der Waals surface area contributed by atoms with Crippen molar-refractivity contribution in [1.82, 2.24) is 9.97 Å². The number of hydrogen-bond donors (Lipinski definition) is 2. The first-order valence-corrected chi connectivity index (χ1v) is 8.85. The van der Waals surface area contributed by atoms with Crippen LogP contribution in [0.15, 0.2) is 60.9 Å². The highest BCUT2D eigenvalue weighted by molar-refractivity contribution is 6.30. The Kier molecular flexibility index (Phi) is 6.39. The van der Waals surface area contributed by atoms with Gasteiger partial charge in [0.05, 0.1) is 0 Å². The molecule has 0 fully saturated rings. The molecule has 0 aliphatic heterocycles. The Labute approximate surface area is 157 Å². The molecule has 26 heavy (non-hydrogen) atoms. The van der Waals surface area contributed by atoms with Crippen molar-refractivity contribution in [1.29, 1.82) is 0 Å². The van der Waals surface area contributed by atoms with Crippen molar-refractivity contribution in [2.75, 3.05) is 23.7 Å². The van der Waals surface area contributed by atoms with Gasteiger partial charge in [0.1, 0.15) is 23.8 Å². The Hall–Kier alpha value is -2.66. The van der Waals surface area contributed by atoms with Crippen molar-refractivity contribution in [3.8, 4) is 0 Å². The Morgan fingerprint density at radius 2 is 1.27 bits per heavy atom. The summed E-state index contributed by atoms with van der Waals surface area (Å²) in [5.41, 5.74) is 2.29. The van der Waals surface area contributed by atoms with Crippen LogP contribution in [0.4, 0.5) is 16.0 Å². The van der Waals surface area contributed by atoms with Crippen LogP contribution in [0.1, 0.15) is 11.1 Å². The quantitative estimate of drug-likeness (QED) is 0.609. The van der Waals surface area contributed by atoms with E-state index in [1.807, 2.05) is 30.3 Å². The van der Waals surface area contributed by atoms with E-state index in [2.05, 4.69) is 20.6 Å². The van der Waals surface area contributed by atoms with Crippen molar-refractivity contribution < 1.29 is 4.39 Å². The third-order valence-electron chi connectivity index (χ3n) is 3.93. The zero-order valence-electron chi connectivity index (χ0n) is 14.3. The normalized spacial score (nSPS) is 10.5. The minimum absolute atomic E-state index is 0.216. The van der Waals surface area contributed by atoms with Crippen LogP contribution in [0.2, 0.25) is 5.02 Å². The van der Waals surface area contributed by atoms with Crippen LogP contribution in [-0.2, 0) is 12.8 Å². The minimum atomic E-state index is -0.216. The molecule has 0 spiro atoms. The van der Waals surface area contributed by atoms with Gasteiger partial charge in [-0.3, -0.25) is 0 Å². The SMILES string of the molecule is Fc1ccc(CCNc2cc(NCCc3ccc(Cl)cc3)ncn2)cc1. The second-order valence-corrected chi connectivity index (χ2v) is 6.33. The predicted octanol–water partition coefficient (Wildman–Crippen LogP) is 4.58. The third kappa shape index (κ3) is 5.70. The lowest BCUT2D eigenvalue weighted by molar-refractivity contribution is 0.627. The summed E-state index contributed by atoms with van der Waals surface area (Å²) in [7, 11) is 0. The van der Waals surface area contributed by atoms with Crippen molar-refractivity contribution in [2.24, 2.45) is 0 Å². The number of benzene rings is 2. The van der Waals surface area contributed by atoms with Gasteiger partial charge >= 0.3 is 0 Å². The van der Waals surface area contributed by atoms with E-state index in [1.54, 1.807) is 12.1 Å². The van der Waals surface area contributed by atoms with Crippen LogP contribution < -0.4 is 10.6 Å². The van der Waals surface area contributed by atoms with E-state index in [0.717, 1.165) is 41.6 Å². The highest BCUT2D eigenvalue weighted by Gasteiger charge is 2.00. The van der Waals surface area contributed by atoms with Gasteiger partial charge in [-0.2, -0.15) is 0 Å². The highest BCUT2D eigenvalue weighted by Crippen LogP contribution is 2.12. The molecule has 134 valence electrons. The first kappa shape index (κ1) is 18.1. The molecular weight excluding hydrogens is 351 g/mol. The minimum Gasteiger partial charge on any atom is -0.370 e. The molecule has 0 saturated heterocycles. The zero-order chi connectivity index (χ0) is 18.2. The summed E-state index contributed by atoms with van der Waals surface area (Å²) in [6.45, 7) is 1.49. The molecule has 0 aliphatic rings. The summed E-state index contributed by atoms with van der Waals surface area (Å²) in [6, 6.07) is 16.2. The molecule has 0 saturated carbocycles. The molecule has 6 heteroatoms. The zero-order valence-corrected chi connectivity index (χ0v) is 15.0. The standard InChI is InChI=1S/C20H20ClFN4/c21-17-5-1-15(2-6-17)9-11-23-19-13-20(26-14-25-19)24-12-10-16-3-7-18(22)8-4-16/h1-8,13-14H,9-12H2,(H2,23,24,25,26). The number of nitrogens with zero attached hydrogens (tertiary/aromatic N) is 2. The second-order valence-electron chi connectivity index (χ2n) is 5.89. The van der Waals surface area contributed by atoms with Gasteiger partial charge in [0.25, 0.3) is 0 Å². The molecule has 3 rings (SSSR count). The van der Waals surface area contributed by atoms with Gasteiger partial charge in [0.15, 0.2) is 0 Å². The second kappa shape index (κ2) is 9.15. The van der Waals surface area contributed by atoms with E-state index in [4.69, 9.17) is 11.6 Å². The predicted molar refractivity (Wildman–Crippen MR) is 104 cm³/mol. The number of halogens is 2. The third-order valence-corrected chi connectivity index (χ3v) is 4.19. The van der Waals surface area contributed by atoms with Gasteiger partial charge in [-0.05, 0) is 48.2 Å². The maximum absolute atomic E-state index is 12.9. The van der Waals surface area contributed by atoms with E-state index in [-0.39, 0.29) is 5.82 Å². The Morgan fingerprint density at radius 3 is 1.81 bits per heavy atom. The van der Waals surface area contributed by atoms with Crippen LogP contribution in [-0.4, -0.2) is 23.1 Å². The van der Waals surface area contributed by atoms with Gasteiger partial charge in [-0.25, -0.2) is 14.4 Å². The molecule has 0 amide bonds. The van der Waals surface area contributed by atoms with E-state index in [9.17, 15) is 4.39 Å². The lowest BCUT2D eigenvalue weighted by Crippen LogP contribution is -2.09. The van der Waals surface area contributed by atoms with Gasteiger partial charge in [-0.1, -0.05) is 35.9 Å². The average molecular weight is 371 g/mol. The van der Waals surface area contributed by atoms with E-state index >= 15 is 0 Å². The fourth-order valence-electron chi connectivity index (χ4n) is 2.52. The maximum Gasteiger partial charge on any atom is 0.131 e.